The molecule has 0 heterocycles. The molecule has 1 aromatic carbocycles. The fraction of sp³-hybridized carbons (Fsp3) is 0.588. The third-order valence-electron chi connectivity index (χ3n) is 4.24. The maximum Gasteiger partial charge on any atom is 0.306 e. The number of thioether (sulfide) groups is 1. The summed E-state index contributed by atoms with van der Waals surface area (Å²) in [6, 6.07) is 6.49. The molecule has 1 unspecified atom stereocenters. The monoisotopic (exact) mass is 307 g/mol. The van der Waals surface area contributed by atoms with E-state index < -0.39 is 0 Å². The molecule has 1 atom stereocenters. The third kappa shape index (κ3) is 4.48. The van der Waals surface area contributed by atoms with Crippen LogP contribution in [0.3, 0.4) is 0 Å². The predicted octanol–water partition coefficient (Wildman–Crippen LogP) is 3.38. The Morgan fingerprint density at radius 3 is 2.76 bits per heavy atom. The Labute approximate surface area is 131 Å². The van der Waals surface area contributed by atoms with Gasteiger partial charge in [0, 0.05) is 11.8 Å². The summed E-state index contributed by atoms with van der Waals surface area (Å²) < 4.78 is 4.78. The maximum atomic E-state index is 11.4. The van der Waals surface area contributed by atoms with Crippen molar-refractivity contribution in [2.24, 2.45) is 11.1 Å². The van der Waals surface area contributed by atoms with E-state index in [0.717, 1.165) is 24.3 Å². The largest absolute Gasteiger partial charge is 0.469 e. The van der Waals surface area contributed by atoms with Crippen molar-refractivity contribution in [3.8, 4) is 0 Å². The summed E-state index contributed by atoms with van der Waals surface area (Å²) in [6.45, 7) is 4.21. The Hall–Kier alpha value is -1.00. The van der Waals surface area contributed by atoms with Gasteiger partial charge < -0.3 is 10.5 Å². The summed E-state index contributed by atoms with van der Waals surface area (Å²) in [5, 5.41) is 0. The van der Waals surface area contributed by atoms with Crippen molar-refractivity contribution in [1.82, 2.24) is 0 Å². The quantitative estimate of drug-likeness (QED) is 0.785. The van der Waals surface area contributed by atoms with Crippen molar-refractivity contribution in [3.05, 3.63) is 34.9 Å². The van der Waals surface area contributed by atoms with Crippen LogP contribution < -0.4 is 5.73 Å². The highest BCUT2D eigenvalue weighted by Crippen LogP contribution is 2.51. The zero-order chi connectivity index (χ0) is 15.5. The van der Waals surface area contributed by atoms with Gasteiger partial charge in [0.05, 0.1) is 13.5 Å². The second-order valence-corrected chi connectivity index (χ2v) is 7.26. The molecule has 21 heavy (non-hydrogen) atoms. The van der Waals surface area contributed by atoms with E-state index in [1.807, 2.05) is 11.8 Å². The molecule has 1 aliphatic carbocycles. The van der Waals surface area contributed by atoms with Crippen molar-refractivity contribution in [1.29, 1.82) is 0 Å². The van der Waals surface area contributed by atoms with Gasteiger partial charge in [0.1, 0.15) is 0 Å². The number of hydrogen-bond donors (Lipinski definition) is 1. The van der Waals surface area contributed by atoms with Crippen LogP contribution >= 0.6 is 11.8 Å². The lowest BCUT2D eigenvalue weighted by molar-refractivity contribution is -0.141. The zero-order valence-electron chi connectivity index (χ0n) is 13.1. The number of methoxy groups -OCH3 is 1. The highest BCUT2D eigenvalue weighted by Gasteiger charge is 2.44. The molecule has 116 valence electrons. The summed E-state index contributed by atoms with van der Waals surface area (Å²) in [5.74, 6) is 1.81. The first-order valence-electron chi connectivity index (χ1n) is 7.43. The van der Waals surface area contributed by atoms with Gasteiger partial charge in [-0.05, 0) is 49.0 Å². The second kappa shape index (κ2) is 6.84. The first-order valence-corrected chi connectivity index (χ1v) is 8.58. The van der Waals surface area contributed by atoms with Crippen LogP contribution in [0.25, 0.3) is 0 Å². The average molecular weight is 307 g/mol. The molecule has 0 bridgehead atoms. The molecule has 1 aromatic rings. The molecular weight excluding hydrogens is 282 g/mol. The van der Waals surface area contributed by atoms with Gasteiger partial charge >= 0.3 is 5.97 Å². The van der Waals surface area contributed by atoms with Gasteiger partial charge in [0.15, 0.2) is 0 Å². The molecular formula is C17H25NO2S. The van der Waals surface area contributed by atoms with E-state index in [0.29, 0.717) is 6.42 Å². The van der Waals surface area contributed by atoms with E-state index in [1.165, 1.54) is 23.8 Å². The minimum Gasteiger partial charge on any atom is -0.469 e. The molecule has 0 saturated heterocycles. The van der Waals surface area contributed by atoms with Gasteiger partial charge in [0.25, 0.3) is 0 Å². The summed E-state index contributed by atoms with van der Waals surface area (Å²) >= 11 is 1.86. The Morgan fingerprint density at radius 2 is 2.14 bits per heavy atom. The molecule has 0 spiro atoms. The summed E-state index contributed by atoms with van der Waals surface area (Å²) in [4.78, 5) is 11.4. The molecule has 1 fully saturated rings. The molecule has 0 aromatic heterocycles. The summed E-state index contributed by atoms with van der Waals surface area (Å²) in [6.07, 6.45) is 2.82. The second-order valence-electron chi connectivity index (χ2n) is 6.23. The Bertz CT molecular complexity index is 512. The zero-order valence-corrected chi connectivity index (χ0v) is 14.0. The number of aryl methyl sites for hydroxylation is 2. The van der Waals surface area contributed by atoms with Crippen LogP contribution in [-0.4, -0.2) is 24.6 Å². The Balaban J connectivity index is 1.83. The smallest absolute Gasteiger partial charge is 0.306 e. The lowest BCUT2D eigenvalue weighted by Gasteiger charge is -2.18. The minimum atomic E-state index is -0.0908. The van der Waals surface area contributed by atoms with Crippen LogP contribution in [0.4, 0.5) is 0 Å². The summed E-state index contributed by atoms with van der Waals surface area (Å²) in [7, 11) is 1.46. The minimum absolute atomic E-state index is 0.0591. The third-order valence-corrected chi connectivity index (χ3v) is 5.66. The molecule has 1 saturated carbocycles. The highest BCUT2D eigenvalue weighted by atomic mass is 32.2. The predicted molar refractivity (Wildman–Crippen MR) is 88.5 cm³/mol. The van der Waals surface area contributed by atoms with Crippen LogP contribution in [0.15, 0.2) is 18.2 Å². The van der Waals surface area contributed by atoms with Gasteiger partial charge in [0.2, 0.25) is 0 Å². The van der Waals surface area contributed by atoms with Crippen molar-refractivity contribution >= 4 is 17.7 Å². The highest BCUT2D eigenvalue weighted by molar-refractivity contribution is 7.99. The molecule has 0 radical (unpaired) electrons. The standard InChI is InChI=1S/C17H25NO2S/c1-12-4-5-13(2)14(8-12)15(18)10-21-11-17(6-7-17)9-16(19)20-3/h4-5,8,15H,6-7,9-11,18H2,1-3H3. The van der Waals surface area contributed by atoms with Crippen molar-refractivity contribution in [3.63, 3.8) is 0 Å². The van der Waals surface area contributed by atoms with Gasteiger partial charge in [-0.2, -0.15) is 11.8 Å². The van der Waals surface area contributed by atoms with Gasteiger partial charge in [-0.1, -0.05) is 23.8 Å². The molecule has 2 N–H and O–H groups in total. The number of esters is 1. The van der Waals surface area contributed by atoms with Crippen molar-refractivity contribution in [2.45, 2.75) is 39.2 Å². The Kier molecular flexibility index (Phi) is 5.33. The number of ether oxygens (including phenoxy) is 1. The molecule has 3 nitrogen and oxygen atoms in total. The van der Waals surface area contributed by atoms with E-state index >= 15 is 0 Å². The first kappa shape index (κ1) is 16.4. The summed E-state index contributed by atoms with van der Waals surface area (Å²) in [5.41, 5.74) is 10.2. The molecule has 2 rings (SSSR count). The van der Waals surface area contributed by atoms with Crippen LogP contribution in [0, 0.1) is 19.3 Å². The SMILES string of the molecule is COC(=O)CC1(CSCC(N)c2cc(C)ccc2C)CC1. The average Bonchev–Trinajstić information content (AvgIpc) is 3.21. The van der Waals surface area contributed by atoms with Gasteiger partial charge in [-0.15, -0.1) is 0 Å². The number of rotatable bonds is 7. The molecule has 1 aliphatic rings. The number of nitrogens with two attached hydrogens (primary N) is 1. The number of benzene rings is 1. The number of carbonyl (C=O) groups excluding carboxylic acids is 1. The fourth-order valence-electron chi connectivity index (χ4n) is 2.58. The normalized spacial score (nSPS) is 17.3. The maximum absolute atomic E-state index is 11.4. The van der Waals surface area contributed by atoms with Crippen molar-refractivity contribution < 1.29 is 9.53 Å². The van der Waals surface area contributed by atoms with Crippen molar-refractivity contribution in [2.75, 3.05) is 18.6 Å². The fourth-order valence-corrected chi connectivity index (χ4v) is 3.95. The van der Waals surface area contributed by atoms with E-state index in [4.69, 9.17) is 10.5 Å². The van der Waals surface area contributed by atoms with Crippen LogP contribution in [0.1, 0.15) is 42.0 Å². The Morgan fingerprint density at radius 1 is 1.43 bits per heavy atom. The molecule has 0 amide bonds. The van der Waals surface area contributed by atoms with Gasteiger partial charge in [-0.3, -0.25) is 4.79 Å². The molecule has 4 heteroatoms. The van der Waals surface area contributed by atoms with Gasteiger partial charge in [-0.25, -0.2) is 0 Å². The lowest BCUT2D eigenvalue weighted by atomic mass is 10.0. The van der Waals surface area contributed by atoms with Crippen LogP contribution in [0.5, 0.6) is 0 Å². The topological polar surface area (TPSA) is 52.3 Å². The molecule has 0 aliphatic heterocycles. The van der Waals surface area contributed by atoms with Crippen LogP contribution in [-0.2, 0) is 9.53 Å². The van der Waals surface area contributed by atoms with Crippen LogP contribution in [0.2, 0.25) is 0 Å². The number of hydrogen-bond acceptors (Lipinski definition) is 4. The van der Waals surface area contributed by atoms with E-state index in [9.17, 15) is 4.79 Å². The van der Waals surface area contributed by atoms with E-state index in [1.54, 1.807) is 0 Å². The van der Waals surface area contributed by atoms with E-state index in [-0.39, 0.29) is 17.4 Å². The lowest BCUT2D eigenvalue weighted by Crippen LogP contribution is -2.17. The first-order chi connectivity index (χ1) is 9.96. The van der Waals surface area contributed by atoms with E-state index in [2.05, 4.69) is 32.0 Å². The number of carbonyl (C=O) groups is 1.